The average molecular weight is 335 g/mol. The van der Waals surface area contributed by atoms with E-state index in [-0.39, 0.29) is 18.7 Å². The molecule has 0 saturated heterocycles. The maximum absolute atomic E-state index is 11.9. The summed E-state index contributed by atoms with van der Waals surface area (Å²) in [6, 6.07) is 0. The van der Waals surface area contributed by atoms with Crippen molar-refractivity contribution in [2.24, 2.45) is 0 Å². The van der Waals surface area contributed by atoms with Gasteiger partial charge < -0.3 is 14.5 Å². The molecule has 0 saturated carbocycles. The lowest BCUT2D eigenvalue weighted by Gasteiger charge is -2.32. The summed E-state index contributed by atoms with van der Waals surface area (Å²) in [5.41, 5.74) is -1.38. The summed E-state index contributed by atoms with van der Waals surface area (Å²) in [5.74, 6) is -2.68. The smallest absolute Gasteiger partial charge is 0.356 e. The van der Waals surface area contributed by atoms with Gasteiger partial charge in [-0.05, 0) is 13.8 Å². The molecule has 124 valence electrons. The normalized spacial score (nSPS) is 13.0. The number of H-pyrrole nitrogens is 1. The van der Waals surface area contributed by atoms with Crippen LogP contribution < -0.4 is 16.3 Å². The minimum absolute atomic E-state index is 0.00833. The first-order chi connectivity index (χ1) is 10.1. The highest BCUT2D eigenvalue weighted by atomic mass is 31.2. The lowest BCUT2D eigenvalue weighted by atomic mass is 10.4. The van der Waals surface area contributed by atoms with Gasteiger partial charge in [-0.15, -0.1) is 0 Å². The number of ketones is 1. The summed E-state index contributed by atoms with van der Waals surface area (Å²) in [6.45, 7) is 2.29. The number of Topliss-reactive ketones (excluding diaryl/α,β-unsaturated/α-hetero) is 1. The molecule has 1 aromatic heterocycles. The maximum atomic E-state index is 11.9. The van der Waals surface area contributed by atoms with E-state index in [2.05, 4.69) is 0 Å². The monoisotopic (exact) mass is 335 g/mol. The van der Waals surface area contributed by atoms with Crippen LogP contribution in [0.5, 0.6) is 0 Å². The molecule has 11 heteroatoms. The minimum atomic E-state index is -4.87. The van der Waals surface area contributed by atoms with Gasteiger partial charge >= 0.3 is 13.3 Å². The van der Waals surface area contributed by atoms with Crippen LogP contribution in [-0.2, 0) is 14.1 Å². The summed E-state index contributed by atoms with van der Waals surface area (Å²) in [7, 11) is -3.51. The average Bonchev–Trinajstić information content (AvgIpc) is 2.36. The Bertz CT molecular complexity index is 704. The molecule has 0 aliphatic heterocycles. The Kier molecular flexibility index (Phi) is 5.84. The number of carbonyl (C=O) groups excluding carboxylic acids is 1. The molecular formula is C11H18N3O7P. The molecule has 0 spiro atoms. The number of hydrogen-bond acceptors (Lipinski definition) is 6. The van der Waals surface area contributed by atoms with E-state index in [1.807, 2.05) is 4.98 Å². The molecule has 0 radical (unpaired) electrons. The summed E-state index contributed by atoms with van der Waals surface area (Å²) in [6.07, 6.45) is 1.11. The van der Waals surface area contributed by atoms with Crippen molar-refractivity contribution >= 4 is 13.4 Å². The number of aryl methyl sites for hydroxylation is 1. The number of carbonyl (C=O) groups is 1. The molecule has 1 unspecified atom stereocenters. The number of hydrogen-bond donors (Lipinski definition) is 3. The number of nitrogens with one attached hydrogen (secondary N) is 1. The summed E-state index contributed by atoms with van der Waals surface area (Å²) < 4.78 is 17.3. The molecule has 1 rings (SSSR count). The van der Waals surface area contributed by atoms with Crippen molar-refractivity contribution in [3.63, 3.8) is 0 Å². The largest absolute Gasteiger partial charge is 0.383 e. The molecule has 10 nitrogen and oxygen atoms in total. The van der Waals surface area contributed by atoms with Gasteiger partial charge in [-0.2, -0.15) is 0 Å². The van der Waals surface area contributed by atoms with E-state index in [1.54, 1.807) is 0 Å². The van der Waals surface area contributed by atoms with Gasteiger partial charge in [0.1, 0.15) is 0 Å². The van der Waals surface area contributed by atoms with Crippen molar-refractivity contribution in [2.75, 3.05) is 25.3 Å². The number of aromatic amines is 1. The van der Waals surface area contributed by atoms with E-state index in [0.717, 1.165) is 22.8 Å². The zero-order valence-electron chi connectivity index (χ0n) is 12.3. The second-order valence-electron chi connectivity index (χ2n) is 4.65. The Hall–Kier alpha value is -1.74. The van der Waals surface area contributed by atoms with E-state index in [0.29, 0.717) is 0 Å². The van der Waals surface area contributed by atoms with Crippen LogP contribution in [0.25, 0.3) is 0 Å². The van der Waals surface area contributed by atoms with Crippen molar-refractivity contribution in [3.05, 3.63) is 32.6 Å². The number of aromatic nitrogens is 2. The lowest BCUT2D eigenvalue weighted by molar-refractivity contribution is -0.117. The van der Waals surface area contributed by atoms with Crippen LogP contribution in [0.2, 0.25) is 0 Å². The molecule has 0 aliphatic carbocycles. The topological polar surface area (TPSA) is 142 Å². The minimum Gasteiger partial charge on any atom is -0.383 e. The second kappa shape index (κ2) is 7.01. The lowest BCUT2D eigenvalue weighted by Crippen LogP contribution is -2.54. The van der Waals surface area contributed by atoms with E-state index < -0.39 is 30.4 Å². The van der Waals surface area contributed by atoms with Crippen LogP contribution in [0, 0.1) is 6.92 Å². The summed E-state index contributed by atoms with van der Waals surface area (Å²) in [5, 5.41) is 0.887. The van der Waals surface area contributed by atoms with Gasteiger partial charge in [0.25, 0.3) is 5.56 Å². The zero-order chi connectivity index (χ0) is 17.1. The highest BCUT2D eigenvalue weighted by Crippen LogP contribution is 2.42. The van der Waals surface area contributed by atoms with Crippen molar-refractivity contribution in [1.82, 2.24) is 9.66 Å². The fourth-order valence-electron chi connectivity index (χ4n) is 1.90. The van der Waals surface area contributed by atoms with Gasteiger partial charge in [0, 0.05) is 18.9 Å². The van der Waals surface area contributed by atoms with E-state index in [1.165, 1.54) is 14.0 Å². The Morgan fingerprint density at radius 2 is 2.09 bits per heavy atom. The first kappa shape index (κ1) is 18.3. The van der Waals surface area contributed by atoms with Gasteiger partial charge in [0.2, 0.25) is 5.78 Å². The quantitative estimate of drug-likeness (QED) is 0.512. The van der Waals surface area contributed by atoms with Crippen LogP contribution in [0.1, 0.15) is 12.5 Å². The molecule has 22 heavy (non-hydrogen) atoms. The van der Waals surface area contributed by atoms with Crippen molar-refractivity contribution in [3.8, 4) is 0 Å². The van der Waals surface area contributed by atoms with Crippen molar-refractivity contribution < 1.29 is 23.9 Å². The highest BCUT2D eigenvalue weighted by molar-refractivity contribution is 7.53. The van der Waals surface area contributed by atoms with Crippen LogP contribution in [0.4, 0.5) is 0 Å². The van der Waals surface area contributed by atoms with Crippen molar-refractivity contribution in [2.45, 2.75) is 19.6 Å². The van der Waals surface area contributed by atoms with Crippen LogP contribution in [-0.4, -0.2) is 51.3 Å². The Labute approximate surface area is 125 Å². The number of rotatable bonds is 7. The zero-order valence-corrected chi connectivity index (χ0v) is 13.2. The molecule has 3 N–H and O–H groups in total. The molecule has 1 atom stereocenters. The van der Waals surface area contributed by atoms with Gasteiger partial charge in [-0.3, -0.25) is 24.1 Å². The predicted octanol–water partition coefficient (Wildman–Crippen LogP) is -1.48. The van der Waals surface area contributed by atoms with E-state index in [9.17, 15) is 28.7 Å². The Morgan fingerprint density at radius 3 is 2.55 bits per heavy atom. The number of ether oxygens (including phenoxy) is 1. The Balaban J connectivity index is 3.49. The first-order valence-electron chi connectivity index (χ1n) is 6.23. The van der Waals surface area contributed by atoms with Gasteiger partial charge in [-0.1, -0.05) is 0 Å². The fourth-order valence-corrected chi connectivity index (χ4v) is 2.95. The maximum Gasteiger partial charge on any atom is 0.356 e. The van der Waals surface area contributed by atoms with Crippen LogP contribution >= 0.6 is 7.60 Å². The van der Waals surface area contributed by atoms with Crippen LogP contribution in [0.15, 0.2) is 15.8 Å². The molecule has 0 aromatic carbocycles. The highest BCUT2D eigenvalue weighted by Gasteiger charge is 2.39. The third-order valence-corrected chi connectivity index (χ3v) is 4.14. The first-order valence-corrected chi connectivity index (χ1v) is 7.92. The molecular weight excluding hydrogens is 317 g/mol. The SMILES string of the molecule is COCCN(C(C(C)=O)P(=O)(O)O)n1cc(C)c(=O)[nH]c1=O. The molecule has 1 heterocycles. The molecule has 0 amide bonds. The molecule has 1 aromatic rings. The Morgan fingerprint density at radius 1 is 1.50 bits per heavy atom. The third-order valence-electron chi connectivity index (χ3n) is 2.87. The van der Waals surface area contributed by atoms with Crippen molar-refractivity contribution in [1.29, 1.82) is 0 Å². The summed E-state index contributed by atoms with van der Waals surface area (Å²) >= 11 is 0. The molecule has 0 bridgehead atoms. The van der Waals surface area contributed by atoms with E-state index in [4.69, 9.17) is 4.74 Å². The van der Waals surface area contributed by atoms with Gasteiger partial charge in [0.15, 0.2) is 5.78 Å². The summed E-state index contributed by atoms with van der Waals surface area (Å²) in [4.78, 5) is 55.8. The van der Waals surface area contributed by atoms with Crippen LogP contribution in [0.3, 0.4) is 0 Å². The standard InChI is InChI=1S/C11H18N3O7P/c1-7-6-14(11(17)12-9(7)16)13(4-5-21-3)10(8(2)15)22(18,19)20/h6,10H,4-5H2,1-3H3,(H,12,16,17)(H2,18,19,20). The number of nitrogens with zero attached hydrogens (tertiary/aromatic N) is 2. The van der Waals surface area contributed by atoms with Gasteiger partial charge in [0.05, 0.1) is 13.2 Å². The molecule has 0 fully saturated rings. The number of methoxy groups -OCH3 is 1. The van der Waals surface area contributed by atoms with E-state index >= 15 is 0 Å². The second-order valence-corrected chi connectivity index (χ2v) is 6.31. The van der Waals surface area contributed by atoms with Gasteiger partial charge in [-0.25, -0.2) is 9.47 Å². The fraction of sp³-hybridized carbons (Fsp3) is 0.545. The molecule has 0 aliphatic rings. The predicted molar refractivity (Wildman–Crippen MR) is 77.5 cm³/mol. The third kappa shape index (κ3) is 4.14.